The molecule has 3 saturated heterocycles. The van der Waals surface area contributed by atoms with Crippen LogP contribution in [0.15, 0.2) is 12.4 Å². The summed E-state index contributed by atoms with van der Waals surface area (Å²) in [6.07, 6.45) is 11.5. The number of hydrogen-bond donors (Lipinski definition) is 3. The molecule has 0 bridgehead atoms. The number of nitrogen functional groups attached to an aromatic ring is 1. The molecule has 6 rings (SSSR count). The van der Waals surface area contributed by atoms with E-state index in [9.17, 15) is 0 Å². The van der Waals surface area contributed by atoms with Crippen molar-refractivity contribution in [3.05, 3.63) is 23.7 Å². The van der Waals surface area contributed by atoms with Crippen LogP contribution in [0.5, 0.6) is 0 Å². The lowest BCUT2D eigenvalue weighted by molar-refractivity contribution is 0.0148. The minimum atomic E-state index is 0.350. The number of ether oxygens (including phenoxy) is 2. The van der Waals surface area contributed by atoms with Crippen LogP contribution in [0.3, 0.4) is 0 Å². The molecule has 6 heterocycles. The van der Waals surface area contributed by atoms with E-state index in [0.29, 0.717) is 29.5 Å². The molecule has 3 fully saturated rings. The summed E-state index contributed by atoms with van der Waals surface area (Å²) in [5.41, 5.74) is 14.5. The third-order valence-electron chi connectivity index (χ3n) is 8.39. The van der Waals surface area contributed by atoms with E-state index in [0.717, 1.165) is 101 Å². The van der Waals surface area contributed by atoms with Crippen LogP contribution in [0.25, 0.3) is 16.6 Å². The van der Waals surface area contributed by atoms with Crippen molar-refractivity contribution >= 4 is 28.2 Å². The highest BCUT2D eigenvalue weighted by molar-refractivity contribution is 5.95. The highest BCUT2D eigenvalue weighted by atomic mass is 16.5. The maximum absolute atomic E-state index is 6.29. The molecule has 2 aromatic heterocycles. The van der Waals surface area contributed by atoms with Gasteiger partial charge in [0.1, 0.15) is 16.9 Å². The van der Waals surface area contributed by atoms with Gasteiger partial charge in [0, 0.05) is 82.1 Å². The number of anilines is 2. The van der Waals surface area contributed by atoms with E-state index in [1.807, 2.05) is 6.20 Å². The van der Waals surface area contributed by atoms with Gasteiger partial charge in [0.15, 0.2) is 5.82 Å². The van der Waals surface area contributed by atoms with Crippen LogP contribution in [0.4, 0.5) is 11.6 Å². The molecule has 10 heteroatoms. The summed E-state index contributed by atoms with van der Waals surface area (Å²) in [7, 11) is 0. The van der Waals surface area contributed by atoms with Gasteiger partial charge in [0.05, 0.1) is 5.69 Å². The average Bonchev–Trinajstić information content (AvgIpc) is 3.44. The summed E-state index contributed by atoms with van der Waals surface area (Å²) in [5.74, 6) is 1.29. The maximum atomic E-state index is 6.29. The van der Waals surface area contributed by atoms with E-state index in [4.69, 9.17) is 25.2 Å². The summed E-state index contributed by atoms with van der Waals surface area (Å²) >= 11 is 0. The van der Waals surface area contributed by atoms with Crippen molar-refractivity contribution < 1.29 is 9.47 Å². The number of hydrogen-bond acceptors (Lipinski definition) is 10. The van der Waals surface area contributed by atoms with Crippen molar-refractivity contribution in [2.24, 2.45) is 0 Å². The second kappa shape index (κ2) is 11.1. The SMILES string of the molecule is CCc1nc2c(N)ncc(C3=CN(C4CCN(C5CCOCC5)CC4)NC3)c2nc1NC1CCOCC1. The number of nitrogens with zero attached hydrogens (tertiary/aromatic N) is 5. The minimum Gasteiger partial charge on any atom is -0.382 e. The van der Waals surface area contributed by atoms with E-state index >= 15 is 0 Å². The van der Waals surface area contributed by atoms with Crippen LogP contribution in [0.2, 0.25) is 0 Å². The third-order valence-corrected chi connectivity index (χ3v) is 8.39. The Balaban J connectivity index is 1.22. The normalized spacial score (nSPS) is 23.1. The summed E-state index contributed by atoms with van der Waals surface area (Å²) in [4.78, 5) is 17.2. The minimum absolute atomic E-state index is 0.350. The van der Waals surface area contributed by atoms with E-state index in [1.165, 1.54) is 18.4 Å². The lowest BCUT2D eigenvalue weighted by Gasteiger charge is -2.41. The maximum Gasteiger partial charge on any atom is 0.151 e. The van der Waals surface area contributed by atoms with Crippen LogP contribution >= 0.6 is 0 Å². The van der Waals surface area contributed by atoms with Crippen molar-refractivity contribution in [1.82, 2.24) is 30.3 Å². The molecule has 200 valence electrons. The lowest BCUT2D eigenvalue weighted by Crippen LogP contribution is -2.50. The van der Waals surface area contributed by atoms with Gasteiger partial charge >= 0.3 is 0 Å². The van der Waals surface area contributed by atoms with Gasteiger partial charge in [0.2, 0.25) is 0 Å². The first-order valence-corrected chi connectivity index (χ1v) is 14.0. The van der Waals surface area contributed by atoms with Crippen molar-refractivity contribution in [3.8, 4) is 0 Å². The molecule has 0 unspecified atom stereocenters. The van der Waals surface area contributed by atoms with E-state index < -0.39 is 0 Å². The van der Waals surface area contributed by atoms with Crippen LogP contribution in [0, 0.1) is 0 Å². The van der Waals surface area contributed by atoms with Gasteiger partial charge in [-0.25, -0.2) is 20.4 Å². The number of hydrazine groups is 1. The van der Waals surface area contributed by atoms with Crippen LogP contribution in [-0.2, 0) is 15.9 Å². The fourth-order valence-electron chi connectivity index (χ4n) is 6.14. The Labute approximate surface area is 219 Å². The third kappa shape index (κ3) is 5.25. The second-order valence-electron chi connectivity index (χ2n) is 10.7. The standard InChI is InChI=1S/C27H40N8O2/c1-2-23-27(31-19-5-11-36-12-6-19)33-24-22(16-29-26(28)25(24)32-23)18-15-30-35(17-18)21-3-9-34(10-4-21)20-7-13-37-14-8-20/h16-17,19-21,30H,2-15H2,1H3,(H2,28,29)(H,31,33). The largest absolute Gasteiger partial charge is 0.382 e. The van der Waals surface area contributed by atoms with E-state index in [-0.39, 0.29) is 0 Å². The van der Waals surface area contributed by atoms with E-state index in [2.05, 4.69) is 38.8 Å². The Morgan fingerprint density at radius 3 is 2.43 bits per heavy atom. The second-order valence-corrected chi connectivity index (χ2v) is 10.7. The molecule has 4 aliphatic rings. The molecule has 0 amide bonds. The van der Waals surface area contributed by atoms with Gasteiger partial charge in [-0.2, -0.15) is 0 Å². The zero-order chi connectivity index (χ0) is 25.2. The van der Waals surface area contributed by atoms with Gasteiger partial charge in [0.25, 0.3) is 0 Å². The number of fused-ring (bicyclic) bond motifs is 1. The molecule has 0 aromatic carbocycles. The number of pyridine rings is 1. The predicted octanol–water partition coefficient (Wildman–Crippen LogP) is 2.56. The Hall–Kier alpha value is -2.53. The molecule has 2 aromatic rings. The molecule has 0 radical (unpaired) electrons. The zero-order valence-electron chi connectivity index (χ0n) is 21.9. The highest BCUT2D eigenvalue weighted by Gasteiger charge is 2.30. The van der Waals surface area contributed by atoms with Gasteiger partial charge in [-0.1, -0.05) is 6.92 Å². The Morgan fingerprint density at radius 1 is 0.973 bits per heavy atom. The molecule has 0 saturated carbocycles. The van der Waals surface area contributed by atoms with Crippen molar-refractivity contribution in [1.29, 1.82) is 0 Å². The molecule has 4 N–H and O–H groups in total. The van der Waals surface area contributed by atoms with Gasteiger partial charge in [-0.05, 0) is 50.5 Å². The Bertz CT molecular complexity index is 1120. The molecule has 0 aliphatic carbocycles. The lowest BCUT2D eigenvalue weighted by atomic mass is 9.99. The van der Waals surface area contributed by atoms with Crippen LogP contribution < -0.4 is 16.5 Å². The Morgan fingerprint density at radius 2 is 1.70 bits per heavy atom. The number of nitrogens with two attached hydrogens (primary N) is 1. The number of nitrogens with one attached hydrogen (secondary N) is 2. The summed E-state index contributed by atoms with van der Waals surface area (Å²) in [6.45, 7) is 8.53. The number of piperidine rings is 1. The smallest absolute Gasteiger partial charge is 0.151 e. The van der Waals surface area contributed by atoms with Gasteiger partial charge < -0.3 is 30.4 Å². The fraction of sp³-hybridized carbons (Fsp3) is 0.667. The zero-order valence-corrected chi connectivity index (χ0v) is 21.9. The number of rotatable bonds is 6. The van der Waals surface area contributed by atoms with Crippen molar-refractivity contribution in [2.75, 3.05) is 57.1 Å². The van der Waals surface area contributed by atoms with Gasteiger partial charge in [-0.3, -0.25) is 0 Å². The van der Waals surface area contributed by atoms with Crippen LogP contribution in [0.1, 0.15) is 56.7 Å². The topological polar surface area (TPSA) is 114 Å². The molecule has 37 heavy (non-hydrogen) atoms. The first kappa shape index (κ1) is 24.8. The van der Waals surface area contributed by atoms with E-state index in [1.54, 1.807) is 0 Å². The monoisotopic (exact) mass is 508 g/mol. The molecule has 0 atom stereocenters. The number of likely N-dealkylation sites (tertiary alicyclic amines) is 1. The average molecular weight is 509 g/mol. The molecule has 10 nitrogen and oxygen atoms in total. The van der Waals surface area contributed by atoms with Crippen molar-refractivity contribution in [3.63, 3.8) is 0 Å². The molecular formula is C27H40N8O2. The quantitative estimate of drug-likeness (QED) is 0.538. The number of aryl methyl sites for hydroxylation is 1. The Kier molecular flexibility index (Phi) is 7.41. The summed E-state index contributed by atoms with van der Waals surface area (Å²) in [6, 6.07) is 1.53. The van der Waals surface area contributed by atoms with Crippen molar-refractivity contribution in [2.45, 2.75) is 70.0 Å². The first-order chi connectivity index (χ1) is 18.2. The molecule has 0 spiro atoms. The summed E-state index contributed by atoms with van der Waals surface area (Å²) in [5, 5.41) is 5.96. The summed E-state index contributed by atoms with van der Waals surface area (Å²) < 4.78 is 11.1. The first-order valence-electron chi connectivity index (χ1n) is 14.0. The van der Waals surface area contributed by atoms with Crippen LogP contribution in [-0.4, -0.2) is 89.0 Å². The number of aromatic nitrogens is 3. The predicted molar refractivity (Wildman–Crippen MR) is 145 cm³/mol. The molecular weight excluding hydrogens is 468 g/mol. The molecule has 4 aliphatic heterocycles. The highest BCUT2D eigenvalue weighted by Crippen LogP contribution is 2.31. The fourth-order valence-corrected chi connectivity index (χ4v) is 6.14. The van der Waals surface area contributed by atoms with Gasteiger partial charge in [-0.15, -0.1) is 0 Å².